The zero-order valence-corrected chi connectivity index (χ0v) is 9.63. The van der Waals surface area contributed by atoms with E-state index in [4.69, 9.17) is 4.42 Å². The van der Waals surface area contributed by atoms with Gasteiger partial charge in [-0.25, -0.2) is 4.98 Å². The third-order valence-corrected chi connectivity index (χ3v) is 3.16. The quantitative estimate of drug-likeness (QED) is 0.505. The molecule has 0 bridgehead atoms. The molecule has 86 valence electrons. The number of hydrogen-bond acceptors (Lipinski definition) is 1. The van der Waals surface area contributed by atoms with Gasteiger partial charge in [-0.3, -0.25) is 0 Å². The van der Waals surface area contributed by atoms with E-state index >= 15 is 0 Å². The largest absolute Gasteiger partial charge is 0.422 e. The van der Waals surface area contributed by atoms with Gasteiger partial charge in [0.15, 0.2) is 11.0 Å². The standard InChI is InChI=1S/C15H10N2O/c1-4-8-14-11(5-1)9-15(18-14)17-10-16-12-6-2-3-7-13(12)17/h1-10H/p+1. The fourth-order valence-electron chi connectivity index (χ4n) is 2.28. The number of rotatable bonds is 1. The highest BCUT2D eigenvalue weighted by Crippen LogP contribution is 2.19. The fraction of sp³-hybridized carbons (Fsp3) is 0. The number of aromatic nitrogens is 2. The predicted molar refractivity (Wildman–Crippen MR) is 69.6 cm³/mol. The number of imidazole rings is 1. The van der Waals surface area contributed by atoms with E-state index < -0.39 is 0 Å². The van der Waals surface area contributed by atoms with Gasteiger partial charge in [0, 0.05) is 11.5 Å². The smallest absolute Gasteiger partial charge is 0.295 e. The van der Waals surface area contributed by atoms with Crippen LogP contribution in [0.3, 0.4) is 0 Å². The zero-order chi connectivity index (χ0) is 11.9. The molecule has 0 aliphatic carbocycles. The van der Waals surface area contributed by atoms with Crippen molar-refractivity contribution in [2.75, 3.05) is 0 Å². The van der Waals surface area contributed by atoms with Crippen molar-refractivity contribution in [1.29, 1.82) is 0 Å². The average Bonchev–Trinajstić information content (AvgIpc) is 3.02. The van der Waals surface area contributed by atoms with E-state index in [1.807, 2.05) is 41.2 Å². The maximum Gasteiger partial charge on any atom is 0.295 e. The van der Waals surface area contributed by atoms with E-state index in [1.54, 1.807) is 0 Å². The van der Waals surface area contributed by atoms with E-state index in [1.165, 1.54) is 0 Å². The van der Waals surface area contributed by atoms with Gasteiger partial charge in [0.1, 0.15) is 5.58 Å². The summed E-state index contributed by atoms with van der Waals surface area (Å²) >= 11 is 0. The average molecular weight is 235 g/mol. The second kappa shape index (κ2) is 3.47. The molecule has 0 fully saturated rings. The molecule has 2 aromatic heterocycles. The molecule has 0 aliphatic rings. The molecule has 0 atom stereocenters. The van der Waals surface area contributed by atoms with Gasteiger partial charge in [-0.2, -0.15) is 4.57 Å². The lowest BCUT2D eigenvalue weighted by atomic mass is 10.2. The number of fused-ring (bicyclic) bond motifs is 2. The lowest BCUT2D eigenvalue weighted by Gasteiger charge is -1.90. The third-order valence-electron chi connectivity index (χ3n) is 3.16. The van der Waals surface area contributed by atoms with E-state index in [9.17, 15) is 0 Å². The van der Waals surface area contributed by atoms with Gasteiger partial charge in [0.2, 0.25) is 6.33 Å². The summed E-state index contributed by atoms with van der Waals surface area (Å²) in [6.45, 7) is 0. The lowest BCUT2D eigenvalue weighted by Crippen LogP contribution is -2.27. The normalized spacial score (nSPS) is 11.3. The number of benzene rings is 2. The molecule has 0 amide bonds. The number of aromatic amines is 1. The Labute approximate surface area is 103 Å². The first-order chi connectivity index (χ1) is 8.92. The number of nitrogens with zero attached hydrogens (tertiary/aromatic N) is 1. The van der Waals surface area contributed by atoms with Crippen LogP contribution in [-0.2, 0) is 0 Å². The van der Waals surface area contributed by atoms with Crippen molar-refractivity contribution in [2.45, 2.75) is 0 Å². The van der Waals surface area contributed by atoms with Crippen molar-refractivity contribution < 1.29 is 8.98 Å². The van der Waals surface area contributed by atoms with Gasteiger partial charge >= 0.3 is 0 Å². The second-order valence-corrected chi connectivity index (χ2v) is 4.28. The van der Waals surface area contributed by atoms with Crippen LogP contribution in [-0.4, -0.2) is 4.98 Å². The zero-order valence-electron chi connectivity index (χ0n) is 9.63. The monoisotopic (exact) mass is 235 g/mol. The molecule has 3 heteroatoms. The molecule has 0 radical (unpaired) electrons. The summed E-state index contributed by atoms with van der Waals surface area (Å²) in [7, 11) is 0. The summed E-state index contributed by atoms with van der Waals surface area (Å²) in [5, 5.41) is 1.12. The summed E-state index contributed by atoms with van der Waals surface area (Å²) in [6, 6.07) is 18.2. The van der Waals surface area contributed by atoms with Crippen molar-refractivity contribution in [3.05, 3.63) is 60.9 Å². The maximum atomic E-state index is 5.86. The van der Waals surface area contributed by atoms with Crippen LogP contribution in [0.15, 0.2) is 65.3 Å². The summed E-state index contributed by atoms with van der Waals surface area (Å²) < 4.78 is 7.89. The molecule has 2 heterocycles. The first kappa shape index (κ1) is 9.48. The number of H-pyrrole nitrogens is 1. The van der Waals surface area contributed by atoms with Crippen LogP contribution in [0, 0.1) is 0 Å². The highest BCUT2D eigenvalue weighted by Gasteiger charge is 2.15. The van der Waals surface area contributed by atoms with Crippen LogP contribution < -0.4 is 4.57 Å². The molecule has 18 heavy (non-hydrogen) atoms. The molecular weight excluding hydrogens is 224 g/mol. The maximum absolute atomic E-state index is 5.86. The number of para-hydroxylation sites is 3. The van der Waals surface area contributed by atoms with Crippen LogP contribution in [0.5, 0.6) is 0 Å². The van der Waals surface area contributed by atoms with E-state index in [-0.39, 0.29) is 0 Å². The Bertz CT molecular complexity index is 809. The topological polar surface area (TPSA) is 32.8 Å². The minimum absolute atomic E-state index is 0.827. The van der Waals surface area contributed by atoms with Crippen LogP contribution in [0.25, 0.3) is 27.9 Å². The third kappa shape index (κ3) is 1.27. The molecule has 0 saturated heterocycles. The van der Waals surface area contributed by atoms with Gasteiger partial charge < -0.3 is 4.42 Å². The molecule has 2 aromatic carbocycles. The van der Waals surface area contributed by atoms with Gasteiger partial charge in [-0.1, -0.05) is 30.3 Å². The molecule has 4 rings (SSSR count). The molecule has 1 N–H and O–H groups in total. The Morgan fingerprint density at radius 1 is 0.944 bits per heavy atom. The van der Waals surface area contributed by atoms with Crippen molar-refractivity contribution in [1.82, 2.24) is 4.98 Å². The summed E-state index contributed by atoms with van der Waals surface area (Å²) in [6.07, 6.45) is 1.92. The predicted octanol–water partition coefficient (Wildman–Crippen LogP) is 3.19. The van der Waals surface area contributed by atoms with Crippen LogP contribution in [0.1, 0.15) is 0 Å². The van der Waals surface area contributed by atoms with E-state index in [0.717, 1.165) is 27.9 Å². The van der Waals surface area contributed by atoms with Crippen molar-refractivity contribution >= 4 is 22.0 Å². The summed E-state index contributed by atoms with van der Waals surface area (Å²) in [5.41, 5.74) is 3.11. The number of nitrogens with one attached hydrogen (secondary N) is 1. The Balaban J connectivity index is 2.01. The first-order valence-electron chi connectivity index (χ1n) is 5.88. The summed E-state index contributed by atoms with van der Waals surface area (Å²) in [4.78, 5) is 3.23. The molecule has 4 aromatic rings. The van der Waals surface area contributed by atoms with E-state index in [2.05, 4.69) is 29.2 Å². The molecule has 0 unspecified atom stereocenters. The Hall–Kier alpha value is -2.55. The summed E-state index contributed by atoms with van der Waals surface area (Å²) in [5.74, 6) is 0.827. The molecule has 0 spiro atoms. The van der Waals surface area contributed by atoms with Gasteiger partial charge in [0.25, 0.3) is 5.88 Å². The molecule has 0 saturated carbocycles. The minimum Gasteiger partial charge on any atom is -0.422 e. The molecular formula is C15H11N2O+. The minimum atomic E-state index is 0.827. The van der Waals surface area contributed by atoms with Crippen molar-refractivity contribution in [3.63, 3.8) is 0 Å². The van der Waals surface area contributed by atoms with Gasteiger partial charge in [-0.15, -0.1) is 0 Å². The number of hydrogen-bond donors (Lipinski definition) is 1. The second-order valence-electron chi connectivity index (χ2n) is 4.28. The van der Waals surface area contributed by atoms with Crippen LogP contribution in [0.4, 0.5) is 0 Å². The molecule has 0 aliphatic heterocycles. The first-order valence-corrected chi connectivity index (χ1v) is 5.88. The fourth-order valence-corrected chi connectivity index (χ4v) is 2.28. The van der Waals surface area contributed by atoms with Crippen molar-refractivity contribution in [2.24, 2.45) is 0 Å². The van der Waals surface area contributed by atoms with Crippen molar-refractivity contribution in [3.8, 4) is 5.88 Å². The van der Waals surface area contributed by atoms with Crippen LogP contribution in [0.2, 0.25) is 0 Å². The lowest BCUT2D eigenvalue weighted by molar-refractivity contribution is -0.580. The molecule has 3 nitrogen and oxygen atoms in total. The van der Waals surface area contributed by atoms with Crippen LogP contribution >= 0.6 is 0 Å². The van der Waals surface area contributed by atoms with E-state index in [0.29, 0.717) is 0 Å². The Morgan fingerprint density at radius 3 is 2.72 bits per heavy atom. The Kier molecular flexibility index (Phi) is 1.83. The Morgan fingerprint density at radius 2 is 1.78 bits per heavy atom. The SMILES string of the molecule is c1ccc2oc(-[n+]3c[nH]c4ccccc43)cc2c1. The van der Waals surface area contributed by atoms with Gasteiger partial charge in [-0.05, 0) is 18.2 Å². The highest BCUT2D eigenvalue weighted by atomic mass is 16.4. The highest BCUT2D eigenvalue weighted by molar-refractivity contribution is 5.79. The van der Waals surface area contributed by atoms with Gasteiger partial charge in [0.05, 0.1) is 0 Å². The number of furan rings is 1.